The molecule has 0 saturated carbocycles. The second-order valence-corrected chi connectivity index (χ2v) is 19.5. The second kappa shape index (κ2) is 13.3. The van der Waals surface area contributed by atoms with Crippen LogP contribution in [0.4, 0.5) is 0 Å². The van der Waals surface area contributed by atoms with E-state index in [1.807, 2.05) is 6.07 Å². The van der Waals surface area contributed by atoms with Gasteiger partial charge in [0, 0.05) is 49.5 Å². The molecule has 0 N–H and O–H groups in total. The molecule has 12 aromatic rings. The molecule has 1 spiro atoms. The summed E-state index contributed by atoms with van der Waals surface area (Å²) in [5, 5.41) is 4.93. The molecule has 15 rings (SSSR count). The van der Waals surface area contributed by atoms with Crippen LogP contribution in [0.1, 0.15) is 63.1 Å². The van der Waals surface area contributed by atoms with Crippen molar-refractivity contribution in [2.45, 2.75) is 24.7 Å². The number of carbonyl (C=O) groups is 1. The zero-order chi connectivity index (χ0) is 45.0. The van der Waals surface area contributed by atoms with Gasteiger partial charge in [-0.3, -0.25) is 4.79 Å². The van der Waals surface area contributed by atoms with Crippen LogP contribution in [0, 0.1) is 0 Å². The lowest BCUT2D eigenvalue weighted by atomic mass is 9.70. The van der Waals surface area contributed by atoms with E-state index in [1.54, 1.807) is 0 Å². The molecule has 0 atom stereocenters. The highest BCUT2D eigenvalue weighted by molar-refractivity contribution is 6.12. The van der Waals surface area contributed by atoms with Gasteiger partial charge in [-0.25, -0.2) is 0 Å². The summed E-state index contributed by atoms with van der Waals surface area (Å²) in [5.74, 6) is 0.0324. The van der Waals surface area contributed by atoms with Crippen LogP contribution in [-0.2, 0) is 10.8 Å². The van der Waals surface area contributed by atoms with Crippen LogP contribution in [0.2, 0.25) is 0 Å². The fourth-order valence-electron chi connectivity index (χ4n) is 13.0. The molecule has 3 aliphatic rings. The Bertz CT molecular complexity index is 3940. The van der Waals surface area contributed by atoms with Crippen molar-refractivity contribution in [1.82, 2.24) is 9.13 Å². The van der Waals surface area contributed by atoms with Crippen LogP contribution >= 0.6 is 0 Å². The molecule has 0 radical (unpaired) electrons. The average molecular weight is 867 g/mol. The molecule has 2 heterocycles. The monoisotopic (exact) mass is 866 g/mol. The van der Waals surface area contributed by atoms with Crippen molar-refractivity contribution in [1.29, 1.82) is 0 Å². The Morgan fingerprint density at radius 1 is 0.324 bits per heavy atom. The number of fused-ring (bicyclic) bond motifs is 19. The molecular formula is C65H42N2O. The highest BCUT2D eigenvalue weighted by atomic mass is 16.1. The molecule has 0 bridgehead atoms. The van der Waals surface area contributed by atoms with E-state index < -0.39 is 5.41 Å². The van der Waals surface area contributed by atoms with E-state index in [4.69, 9.17) is 0 Å². The highest BCUT2D eigenvalue weighted by Crippen LogP contribution is 2.64. The number of aromatic nitrogens is 2. The van der Waals surface area contributed by atoms with Crippen LogP contribution < -0.4 is 0 Å². The molecule has 2 aromatic heterocycles. The number of hydrogen-bond donors (Lipinski definition) is 0. The van der Waals surface area contributed by atoms with Crippen molar-refractivity contribution in [2.75, 3.05) is 0 Å². The van der Waals surface area contributed by atoms with E-state index in [1.165, 1.54) is 99.2 Å². The van der Waals surface area contributed by atoms with Gasteiger partial charge in [0.2, 0.25) is 0 Å². The third-order valence-corrected chi connectivity index (χ3v) is 15.9. The first-order chi connectivity index (χ1) is 33.4. The number of para-hydroxylation sites is 4. The first-order valence-electron chi connectivity index (χ1n) is 23.7. The van der Waals surface area contributed by atoms with Crippen LogP contribution in [0.5, 0.6) is 0 Å². The summed E-state index contributed by atoms with van der Waals surface area (Å²) in [6.07, 6.45) is 0. The number of rotatable bonds is 4. The van der Waals surface area contributed by atoms with Gasteiger partial charge >= 0.3 is 0 Å². The maximum Gasteiger partial charge on any atom is 0.193 e. The van der Waals surface area contributed by atoms with E-state index in [0.29, 0.717) is 11.1 Å². The minimum atomic E-state index is -0.738. The van der Waals surface area contributed by atoms with Crippen molar-refractivity contribution in [3.8, 4) is 44.8 Å². The summed E-state index contributed by atoms with van der Waals surface area (Å²) in [6.45, 7) is 4.55. The quantitative estimate of drug-likeness (QED) is 0.162. The van der Waals surface area contributed by atoms with Crippen LogP contribution in [0.25, 0.3) is 88.4 Å². The van der Waals surface area contributed by atoms with Gasteiger partial charge in [-0.05, 0) is 127 Å². The molecule has 68 heavy (non-hydrogen) atoms. The van der Waals surface area contributed by atoms with E-state index in [-0.39, 0.29) is 11.2 Å². The van der Waals surface area contributed by atoms with Gasteiger partial charge in [-0.1, -0.05) is 172 Å². The maximum atomic E-state index is 15.2. The lowest BCUT2D eigenvalue weighted by molar-refractivity contribution is 0.103. The Balaban J connectivity index is 1.000. The minimum absolute atomic E-state index is 0.0324. The summed E-state index contributed by atoms with van der Waals surface area (Å²) in [6, 6.07) is 79.7. The predicted octanol–water partition coefficient (Wildman–Crippen LogP) is 15.8. The lowest BCUT2D eigenvalue weighted by Crippen LogP contribution is -2.26. The van der Waals surface area contributed by atoms with Crippen molar-refractivity contribution < 1.29 is 4.79 Å². The molecule has 0 aliphatic heterocycles. The summed E-state index contributed by atoms with van der Waals surface area (Å²) in [4.78, 5) is 15.2. The average Bonchev–Trinajstić information content (AvgIpc) is 4.14. The first kappa shape index (κ1) is 37.7. The highest BCUT2D eigenvalue weighted by Gasteiger charge is 2.52. The Hall–Kier alpha value is -8.53. The van der Waals surface area contributed by atoms with E-state index in [2.05, 4.69) is 235 Å². The molecule has 3 aliphatic carbocycles. The van der Waals surface area contributed by atoms with Crippen molar-refractivity contribution in [3.63, 3.8) is 0 Å². The normalized spacial score (nSPS) is 14.3. The minimum Gasteiger partial charge on any atom is -0.309 e. The second-order valence-electron chi connectivity index (χ2n) is 19.5. The molecule has 0 amide bonds. The zero-order valence-electron chi connectivity index (χ0n) is 37.6. The summed E-state index contributed by atoms with van der Waals surface area (Å²) in [7, 11) is 0. The topological polar surface area (TPSA) is 26.9 Å². The van der Waals surface area contributed by atoms with Gasteiger partial charge in [0.15, 0.2) is 5.78 Å². The van der Waals surface area contributed by atoms with E-state index in [0.717, 1.165) is 22.5 Å². The van der Waals surface area contributed by atoms with Gasteiger partial charge in [0.25, 0.3) is 0 Å². The number of hydrogen-bond acceptors (Lipinski definition) is 1. The summed E-state index contributed by atoms with van der Waals surface area (Å²) < 4.78 is 4.86. The number of ketones is 1. The molecular weight excluding hydrogens is 825 g/mol. The fourth-order valence-corrected chi connectivity index (χ4v) is 13.0. The maximum absolute atomic E-state index is 15.2. The van der Waals surface area contributed by atoms with Gasteiger partial charge in [0.1, 0.15) is 0 Å². The zero-order valence-corrected chi connectivity index (χ0v) is 37.6. The molecule has 3 nitrogen and oxygen atoms in total. The smallest absolute Gasteiger partial charge is 0.193 e. The van der Waals surface area contributed by atoms with Crippen molar-refractivity contribution in [2.24, 2.45) is 0 Å². The Morgan fingerprint density at radius 2 is 0.662 bits per heavy atom. The molecule has 0 saturated heterocycles. The summed E-state index contributed by atoms with van der Waals surface area (Å²) in [5.41, 5.74) is 21.9. The first-order valence-corrected chi connectivity index (χ1v) is 23.7. The van der Waals surface area contributed by atoms with Gasteiger partial charge < -0.3 is 9.13 Å². The standard InChI is InChI=1S/C65H42N2O/c1-64(2)53-21-9-3-15-43(53)45-31-27-39(35-55(45)64)63(68)40-28-32-46-44-16-4-10-22-54(44)65(56(46)36-40)57-37-41(66-59-23-11-5-17-49(59)50-18-6-12-24-60(50)66)29-33-47(57)48-34-30-42(38-58(48)65)67-61-25-13-7-19-51(61)52-20-8-14-26-62(52)67/h3-38H,1-2H3. The third-order valence-electron chi connectivity index (χ3n) is 15.9. The molecule has 3 heteroatoms. The van der Waals surface area contributed by atoms with Gasteiger partial charge in [-0.2, -0.15) is 0 Å². The van der Waals surface area contributed by atoms with E-state index in [9.17, 15) is 0 Å². The Morgan fingerprint density at radius 3 is 1.15 bits per heavy atom. The number of nitrogens with zero attached hydrogens (tertiary/aromatic N) is 2. The largest absolute Gasteiger partial charge is 0.309 e. The van der Waals surface area contributed by atoms with Gasteiger partial charge in [0.05, 0.1) is 27.5 Å². The van der Waals surface area contributed by atoms with E-state index >= 15 is 4.79 Å². The Kier molecular flexibility index (Phi) is 7.37. The van der Waals surface area contributed by atoms with Crippen LogP contribution in [-0.4, -0.2) is 14.9 Å². The SMILES string of the molecule is CC1(C)c2ccccc2-c2ccc(C(=O)c3ccc4c(c3)C3(c5ccccc5-4)c4cc(-n5c6ccccc6c6ccccc65)ccc4-c4ccc(-n5c6ccccc6c6ccccc65)cc43)cc21. The van der Waals surface area contributed by atoms with Crippen molar-refractivity contribution >= 4 is 49.4 Å². The predicted molar refractivity (Wildman–Crippen MR) is 279 cm³/mol. The summed E-state index contributed by atoms with van der Waals surface area (Å²) >= 11 is 0. The molecule has 0 unspecified atom stereocenters. The van der Waals surface area contributed by atoms with Crippen molar-refractivity contribution in [3.05, 3.63) is 263 Å². The molecule has 10 aromatic carbocycles. The number of benzene rings is 10. The van der Waals surface area contributed by atoms with Gasteiger partial charge in [-0.15, -0.1) is 0 Å². The molecule has 0 fully saturated rings. The van der Waals surface area contributed by atoms with Crippen LogP contribution in [0.15, 0.2) is 218 Å². The molecule has 318 valence electrons. The lowest BCUT2D eigenvalue weighted by Gasteiger charge is -2.31. The number of carbonyl (C=O) groups excluding carboxylic acids is 1. The van der Waals surface area contributed by atoms with Crippen LogP contribution in [0.3, 0.4) is 0 Å². The third kappa shape index (κ3) is 4.70. The Labute approximate surface area is 393 Å². The fraction of sp³-hybridized carbons (Fsp3) is 0.0615.